The van der Waals surface area contributed by atoms with Gasteiger partial charge in [0, 0.05) is 36.1 Å². The van der Waals surface area contributed by atoms with Crippen LogP contribution in [0.25, 0.3) is 16.7 Å². The van der Waals surface area contributed by atoms with Crippen molar-refractivity contribution in [3.05, 3.63) is 96.5 Å². The molecule has 5 aromatic rings. The number of nitrogens with zero attached hydrogens (tertiary/aromatic N) is 6. The molecule has 0 aliphatic heterocycles. The summed E-state index contributed by atoms with van der Waals surface area (Å²) in [5.74, 6) is 0.698. The Morgan fingerprint density at radius 2 is 1.85 bits per heavy atom. The van der Waals surface area contributed by atoms with Gasteiger partial charge in [-0.15, -0.1) is 0 Å². The number of carbonyl (C=O) groups excluding carboxylic acids is 1. The first kappa shape index (κ1) is 21.8. The molecule has 0 spiro atoms. The number of amides is 1. The predicted molar refractivity (Wildman–Crippen MR) is 130 cm³/mol. The minimum absolute atomic E-state index is 0.163. The lowest BCUT2D eigenvalue weighted by atomic mass is 10.1. The van der Waals surface area contributed by atoms with E-state index >= 15 is 0 Å². The van der Waals surface area contributed by atoms with Crippen molar-refractivity contribution in [2.24, 2.45) is 0 Å². The van der Waals surface area contributed by atoms with Crippen LogP contribution in [-0.4, -0.2) is 42.6 Å². The normalized spacial score (nSPS) is 12.1. The Labute approximate surface area is 200 Å². The van der Waals surface area contributed by atoms with Gasteiger partial charge in [0.2, 0.25) is 0 Å². The maximum atomic E-state index is 13.6. The molecular weight excluding hydrogens is 448 g/mol. The van der Waals surface area contributed by atoms with Crippen molar-refractivity contribution in [1.29, 1.82) is 0 Å². The fraction of sp³-hybridized carbons (Fsp3) is 0.160. The summed E-state index contributed by atoms with van der Waals surface area (Å²) in [4.78, 5) is 27.8. The van der Waals surface area contributed by atoms with Crippen molar-refractivity contribution >= 4 is 28.6 Å². The van der Waals surface area contributed by atoms with Gasteiger partial charge < -0.3 is 9.32 Å². The van der Waals surface area contributed by atoms with Gasteiger partial charge >= 0.3 is 0 Å². The van der Waals surface area contributed by atoms with Gasteiger partial charge in [-0.1, -0.05) is 42.1 Å². The molecule has 9 heteroatoms. The lowest BCUT2D eigenvalue weighted by molar-refractivity contribution is 0.0711. The van der Waals surface area contributed by atoms with Crippen molar-refractivity contribution in [2.75, 3.05) is 7.05 Å². The molecule has 0 saturated carbocycles. The summed E-state index contributed by atoms with van der Waals surface area (Å²) in [6.07, 6.45) is 6.56. The van der Waals surface area contributed by atoms with Crippen LogP contribution in [0.5, 0.6) is 0 Å². The summed E-state index contributed by atoms with van der Waals surface area (Å²) in [5, 5.41) is 5.73. The molecule has 1 amide bonds. The number of carbonyl (C=O) groups is 1. The number of aromatic nitrogens is 5. The molecule has 8 nitrogen and oxygen atoms in total. The van der Waals surface area contributed by atoms with E-state index in [1.807, 2.05) is 55.5 Å². The minimum Gasteiger partial charge on any atom is -0.451 e. The van der Waals surface area contributed by atoms with Gasteiger partial charge in [0.25, 0.3) is 5.91 Å². The molecule has 2 aromatic carbocycles. The van der Waals surface area contributed by atoms with Crippen LogP contribution in [0.4, 0.5) is 0 Å². The van der Waals surface area contributed by atoms with Crippen molar-refractivity contribution in [1.82, 2.24) is 29.6 Å². The average molecular weight is 471 g/mol. The van der Waals surface area contributed by atoms with Gasteiger partial charge in [0.1, 0.15) is 18.2 Å². The fourth-order valence-corrected chi connectivity index (χ4v) is 4.55. The number of benzene rings is 2. The number of furan rings is 1. The van der Waals surface area contributed by atoms with Crippen LogP contribution in [0.1, 0.15) is 34.6 Å². The molecule has 0 aliphatic rings. The molecule has 0 aliphatic carbocycles. The average Bonchev–Trinajstić information content (AvgIpc) is 3.55. The number of hydrogen-bond donors (Lipinski definition) is 0. The van der Waals surface area contributed by atoms with Crippen LogP contribution in [-0.2, 0) is 5.75 Å². The number of thioether (sulfide) groups is 1. The third-order valence-corrected chi connectivity index (χ3v) is 6.64. The van der Waals surface area contributed by atoms with Crippen LogP contribution >= 0.6 is 11.8 Å². The third-order valence-electron chi connectivity index (χ3n) is 5.74. The highest BCUT2D eigenvalue weighted by atomic mass is 32.2. The highest BCUT2D eigenvalue weighted by Crippen LogP contribution is 2.33. The second-order valence-corrected chi connectivity index (χ2v) is 8.69. The summed E-state index contributed by atoms with van der Waals surface area (Å²) < 4.78 is 7.75. The van der Waals surface area contributed by atoms with E-state index in [9.17, 15) is 4.79 Å². The number of fused-ring (bicyclic) bond motifs is 1. The summed E-state index contributed by atoms with van der Waals surface area (Å²) in [6, 6.07) is 17.2. The second kappa shape index (κ2) is 9.48. The smallest absolute Gasteiger partial charge is 0.290 e. The van der Waals surface area contributed by atoms with Crippen LogP contribution in [0.2, 0.25) is 0 Å². The SMILES string of the molecule is CC(c1ccc(-n2cncn2)cc1)N(C)C(=O)c1oc2ccccc2c1CSc1ncccn1. The van der Waals surface area contributed by atoms with E-state index < -0.39 is 0 Å². The lowest BCUT2D eigenvalue weighted by Gasteiger charge is -2.25. The fourth-order valence-electron chi connectivity index (χ4n) is 3.72. The van der Waals surface area contributed by atoms with Gasteiger partial charge in [0.05, 0.1) is 11.7 Å². The number of para-hydroxylation sites is 1. The topological polar surface area (TPSA) is 89.9 Å². The van der Waals surface area contributed by atoms with Gasteiger partial charge in [-0.2, -0.15) is 5.10 Å². The summed E-state index contributed by atoms with van der Waals surface area (Å²) in [5.41, 5.74) is 3.44. The van der Waals surface area contributed by atoms with Crippen molar-refractivity contribution in [3.8, 4) is 5.69 Å². The van der Waals surface area contributed by atoms with Crippen LogP contribution in [0.3, 0.4) is 0 Å². The molecule has 5 rings (SSSR count). The van der Waals surface area contributed by atoms with E-state index in [0.717, 1.165) is 22.2 Å². The first-order chi connectivity index (χ1) is 16.6. The first-order valence-corrected chi connectivity index (χ1v) is 11.7. The number of rotatable bonds is 7. The van der Waals surface area contributed by atoms with E-state index in [1.54, 1.807) is 41.4 Å². The van der Waals surface area contributed by atoms with Gasteiger partial charge in [-0.05, 0) is 36.8 Å². The zero-order valence-corrected chi connectivity index (χ0v) is 19.5. The van der Waals surface area contributed by atoms with Crippen molar-refractivity contribution < 1.29 is 9.21 Å². The molecule has 3 aromatic heterocycles. The Balaban J connectivity index is 1.40. The molecule has 3 heterocycles. The second-order valence-electron chi connectivity index (χ2n) is 7.75. The summed E-state index contributed by atoms with van der Waals surface area (Å²) >= 11 is 1.47. The summed E-state index contributed by atoms with van der Waals surface area (Å²) in [6.45, 7) is 2.00. The molecule has 0 fully saturated rings. The Kier molecular flexibility index (Phi) is 6.09. The quantitative estimate of drug-likeness (QED) is 0.246. The Morgan fingerprint density at radius 3 is 2.59 bits per heavy atom. The Hall–Kier alpha value is -3.98. The molecule has 1 atom stereocenters. The Bertz CT molecular complexity index is 1400. The monoisotopic (exact) mass is 470 g/mol. The molecule has 0 N–H and O–H groups in total. The van der Waals surface area contributed by atoms with E-state index in [4.69, 9.17) is 4.42 Å². The van der Waals surface area contributed by atoms with E-state index in [1.165, 1.54) is 18.1 Å². The van der Waals surface area contributed by atoms with Crippen molar-refractivity contribution in [2.45, 2.75) is 23.9 Å². The molecule has 170 valence electrons. The largest absolute Gasteiger partial charge is 0.451 e. The molecule has 34 heavy (non-hydrogen) atoms. The highest BCUT2D eigenvalue weighted by Gasteiger charge is 2.26. The van der Waals surface area contributed by atoms with E-state index in [0.29, 0.717) is 22.3 Å². The predicted octanol–water partition coefficient (Wildman–Crippen LogP) is 4.93. The van der Waals surface area contributed by atoms with Gasteiger partial charge in [-0.3, -0.25) is 4.79 Å². The van der Waals surface area contributed by atoms with E-state index in [-0.39, 0.29) is 11.9 Å². The molecule has 1 unspecified atom stereocenters. The molecule has 0 saturated heterocycles. The maximum Gasteiger partial charge on any atom is 0.290 e. The highest BCUT2D eigenvalue weighted by molar-refractivity contribution is 7.98. The molecule has 0 bridgehead atoms. The number of hydrogen-bond acceptors (Lipinski definition) is 7. The zero-order chi connectivity index (χ0) is 23.5. The van der Waals surface area contributed by atoms with Crippen LogP contribution in [0, 0.1) is 0 Å². The molecule has 0 radical (unpaired) electrons. The standard InChI is InChI=1S/C25H22N6O2S/c1-17(18-8-10-19(11-9-18)31-16-26-15-29-31)30(2)24(32)23-21(14-34-25-27-12-5-13-28-25)20-6-3-4-7-22(20)33-23/h3-13,15-17H,14H2,1-2H3. The maximum absolute atomic E-state index is 13.6. The van der Waals surface area contributed by atoms with Gasteiger partial charge in [-0.25, -0.2) is 19.6 Å². The van der Waals surface area contributed by atoms with Crippen LogP contribution < -0.4 is 0 Å². The Morgan fingerprint density at radius 1 is 1.09 bits per heavy atom. The third kappa shape index (κ3) is 4.29. The summed E-state index contributed by atoms with van der Waals surface area (Å²) in [7, 11) is 1.79. The zero-order valence-electron chi connectivity index (χ0n) is 18.7. The van der Waals surface area contributed by atoms with E-state index in [2.05, 4.69) is 20.1 Å². The van der Waals surface area contributed by atoms with Crippen LogP contribution in [0.15, 0.2) is 89.2 Å². The molecular formula is C25H22N6O2S. The first-order valence-electron chi connectivity index (χ1n) is 10.7. The lowest BCUT2D eigenvalue weighted by Crippen LogP contribution is -2.30. The van der Waals surface area contributed by atoms with Gasteiger partial charge in [0.15, 0.2) is 10.9 Å². The van der Waals surface area contributed by atoms with Crippen molar-refractivity contribution in [3.63, 3.8) is 0 Å². The minimum atomic E-state index is -0.173.